The van der Waals surface area contributed by atoms with E-state index < -0.39 is 11.6 Å². The maximum absolute atomic E-state index is 12.9. The van der Waals surface area contributed by atoms with E-state index in [9.17, 15) is 13.6 Å². The molecule has 0 aliphatic carbocycles. The van der Waals surface area contributed by atoms with E-state index in [-0.39, 0.29) is 16.7 Å². The quantitative estimate of drug-likeness (QED) is 0.764. The summed E-state index contributed by atoms with van der Waals surface area (Å²) in [7, 11) is 0. The van der Waals surface area contributed by atoms with Crippen LogP contribution in [0.25, 0.3) is 11.1 Å². The van der Waals surface area contributed by atoms with Crippen molar-refractivity contribution in [3.05, 3.63) is 58.5 Å². The van der Waals surface area contributed by atoms with Crippen molar-refractivity contribution in [1.82, 2.24) is 4.98 Å². The second kappa shape index (κ2) is 3.65. The number of aromatic amines is 1. The van der Waals surface area contributed by atoms with Crippen molar-refractivity contribution >= 4 is 0 Å². The highest BCUT2D eigenvalue weighted by molar-refractivity contribution is 5.62. The van der Waals surface area contributed by atoms with Gasteiger partial charge in [-0.3, -0.25) is 4.79 Å². The molecule has 0 saturated carbocycles. The first-order chi connectivity index (χ1) is 7.16. The molecule has 0 aliphatic heterocycles. The van der Waals surface area contributed by atoms with Gasteiger partial charge < -0.3 is 4.98 Å². The Morgan fingerprint density at radius 3 is 2.33 bits per heavy atom. The van der Waals surface area contributed by atoms with Gasteiger partial charge in [-0.2, -0.15) is 0 Å². The van der Waals surface area contributed by atoms with E-state index in [0.717, 1.165) is 18.2 Å². The van der Waals surface area contributed by atoms with Gasteiger partial charge in [0.1, 0.15) is 11.6 Å². The van der Waals surface area contributed by atoms with Crippen LogP contribution in [-0.4, -0.2) is 4.98 Å². The van der Waals surface area contributed by atoms with Gasteiger partial charge in [-0.15, -0.1) is 0 Å². The van der Waals surface area contributed by atoms with E-state index in [1.165, 1.54) is 12.3 Å². The predicted octanol–water partition coefficient (Wildman–Crippen LogP) is 2.32. The summed E-state index contributed by atoms with van der Waals surface area (Å²) in [6, 6.07) is 6.11. The molecule has 0 atom stereocenters. The van der Waals surface area contributed by atoms with E-state index >= 15 is 0 Å². The lowest BCUT2D eigenvalue weighted by Crippen LogP contribution is -2.07. The van der Waals surface area contributed by atoms with Crippen LogP contribution in [0.5, 0.6) is 0 Å². The van der Waals surface area contributed by atoms with E-state index in [2.05, 4.69) is 4.98 Å². The Morgan fingerprint density at radius 2 is 1.73 bits per heavy atom. The fourth-order valence-corrected chi connectivity index (χ4v) is 1.36. The van der Waals surface area contributed by atoms with Gasteiger partial charge in [0.15, 0.2) is 0 Å². The lowest BCUT2D eigenvalue weighted by atomic mass is 10.1. The number of pyridine rings is 1. The molecule has 76 valence electrons. The van der Waals surface area contributed by atoms with Crippen molar-refractivity contribution in [2.24, 2.45) is 0 Å². The van der Waals surface area contributed by atoms with Crippen LogP contribution >= 0.6 is 0 Å². The van der Waals surface area contributed by atoms with Gasteiger partial charge in [-0.25, -0.2) is 8.78 Å². The van der Waals surface area contributed by atoms with Crippen LogP contribution < -0.4 is 5.56 Å². The number of nitrogens with one attached hydrogen (secondary N) is 1. The molecule has 0 saturated heterocycles. The Morgan fingerprint density at radius 1 is 1.07 bits per heavy atom. The van der Waals surface area contributed by atoms with Crippen LogP contribution in [0.1, 0.15) is 0 Å². The van der Waals surface area contributed by atoms with Gasteiger partial charge in [0.05, 0.1) is 0 Å². The molecular weight excluding hydrogens is 200 g/mol. The molecule has 0 aliphatic rings. The van der Waals surface area contributed by atoms with Gasteiger partial charge in [0.2, 0.25) is 0 Å². The Kier molecular flexibility index (Phi) is 2.33. The minimum absolute atomic E-state index is 0.231. The number of H-pyrrole nitrogens is 1. The van der Waals surface area contributed by atoms with Crippen LogP contribution in [0, 0.1) is 11.6 Å². The molecule has 2 rings (SSSR count). The normalized spacial score (nSPS) is 10.3. The molecule has 1 aromatic heterocycles. The van der Waals surface area contributed by atoms with E-state index in [1.807, 2.05) is 0 Å². The molecule has 0 unspecified atom stereocenters. The smallest absolute Gasteiger partial charge is 0.255 e. The zero-order chi connectivity index (χ0) is 10.8. The first-order valence-electron chi connectivity index (χ1n) is 4.31. The van der Waals surface area contributed by atoms with Crippen molar-refractivity contribution in [3.8, 4) is 11.1 Å². The highest BCUT2D eigenvalue weighted by Gasteiger charge is 2.05. The van der Waals surface area contributed by atoms with Crippen molar-refractivity contribution in [3.63, 3.8) is 0 Å². The maximum atomic E-state index is 12.9. The first kappa shape index (κ1) is 9.58. The monoisotopic (exact) mass is 207 g/mol. The standard InChI is InChI=1S/C11H7F2NO/c12-8-4-7(5-9(13)6-8)10-2-1-3-14-11(10)15/h1-6H,(H,14,15). The minimum atomic E-state index is -0.701. The van der Waals surface area contributed by atoms with Gasteiger partial charge in [0, 0.05) is 17.8 Å². The average molecular weight is 207 g/mol. The summed E-state index contributed by atoms with van der Waals surface area (Å²) in [5, 5.41) is 0. The molecule has 0 amide bonds. The molecule has 15 heavy (non-hydrogen) atoms. The molecule has 2 nitrogen and oxygen atoms in total. The summed E-state index contributed by atoms with van der Waals surface area (Å²) in [6.07, 6.45) is 1.46. The molecule has 0 fully saturated rings. The van der Waals surface area contributed by atoms with Crippen LogP contribution in [0.4, 0.5) is 8.78 Å². The predicted molar refractivity (Wildman–Crippen MR) is 52.4 cm³/mol. The van der Waals surface area contributed by atoms with Crippen molar-refractivity contribution in [1.29, 1.82) is 0 Å². The molecule has 4 heteroatoms. The van der Waals surface area contributed by atoms with E-state index in [4.69, 9.17) is 0 Å². The first-order valence-corrected chi connectivity index (χ1v) is 4.31. The molecular formula is C11H7F2NO. The van der Waals surface area contributed by atoms with E-state index in [0.29, 0.717) is 0 Å². The molecule has 0 spiro atoms. The third-order valence-electron chi connectivity index (χ3n) is 1.99. The number of aromatic nitrogens is 1. The second-order valence-electron chi connectivity index (χ2n) is 3.07. The fourth-order valence-electron chi connectivity index (χ4n) is 1.36. The van der Waals surface area contributed by atoms with Gasteiger partial charge in [0.25, 0.3) is 5.56 Å². The third-order valence-corrected chi connectivity index (χ3v) is 1.99. The van der Waals surface area contributed by atoms with Gasteiger partial charge >= 0.3 is 0 Å². The Balaban J connectivity index is 2.64. The SMILES string of the molecule is O=c1[nH]cccc1-c1cc(F)cc(F)c1. The summed E-state index contributed by atoms with van der Waals surface area (Å²) in [4.78, 5) is 13.8. The second-order valence-corrected chi connectivity index (χ2v) is 3.07. The number of hydrogen-bond acceptors (Lipinski definition) is 1. The molecule has 1 heterocycles. The number of halogens is 2. The minimum Gasteiger partial charge on any atom is -0.329 e. The number of benzene rings is 1. The maximum Gasteiger partial charge on any atom is 0.255 e. The molecule has 2 aromatic rings. The zero-order valence-electron chi connectivity index (χ0n) is 7.63. The molecule has 1 aromatic carbocycles. The summed E-state index contributed by atoms with van der Waals surface area (Å²) < 4.78 is 25.8. The average Bonchev–Trinajstić information content (AvgIpc) is 2.16. The summed E-state index contributed by atoms with van der Waals surface area (Å²) >= 11 is 0. The molecule has 0 bridgehead atoms. The van der Waals surface area contributed by atoms with Crippen LogP contribution in [0.15, 0.2) is 41.3 Å². The summed E-state index contributed by atoms with van der Waals surface area (Å²) in [6.45, 7) is 0. The Labute approximate surface area is 84.2 Å². The van der Waals surface area contributed by atoms with Crippen LogP contribution in [0.2, 0.25) is 0 Å². The largest absolute Gasteiger partial charge is 0.329 e. The highest BCUT2D eigenvalue weighted by atomic mass is 19.1. The fraction of sp³-hybridized carbons (Fsp3) is 0. The van der Waals surface area contributed by atoms with Crippen LogP contribution in [0.3, 0.4) is 0 Å². The Bertz CT molecular complexity index is 528. The zero-order valence-corrected chi connectivity index (χ0v) is 7.63. The van der Waals surface area contributed by atoms with Gasteiger partial charge in [-0.1, -0.05) is 0 Å². The van der Waals surface area contributed by atoms with Crippen molar-refractivity contribution < 1.29 is 8.78 Å². The Hall–Kier alpha value is -1.97. The van der Waals surface area contributed by atoms with Gasteiger partial charge in [-0.05, 0) is 29.8 Å². The summed E-state index contributed by atoms with van der Waals surface area (Å²) in [5.74, 6) is -1.40. The number of hydrogen-bond donors (Lipinski definition) is 1. The highest BCUT2D eigenvalue weighted by Crippen LogP contribution is 2.17. The summed E-state index contributed by atoms with van der Waals surface area (Å²) in [5.41, 5.74) is 0.104. The molecule has 1 N–H and O–H groups in total. The van der Waals surface area contributed by atoms with Crippen molar-refractivity contribution in [2.45, 2.75) is 0 Å². The lowest BCUT2D eigenvalue weighted by Gasteiger charge is -2.00. The topological polar surface area (TPSA) is 32.9 Å². The lowest BCUT2D eigenvalue weighted by molar-refractivity contribution is 0.584. The van der Waals surface area contributed by atoms with Crippen molar-refractivity contribution in [2.75, 3.05) is 0 Å². The molecule has 0 radical (unpaired) electrons. The third kappa shape index (κ3) is 1.93. The van der Waals surface area contributed by atoms with E-state index in [1.54, 1.807) is 6.07 Å². The number of rotatable bonds is 1. The van der Waals surface area contributed by atoms with Crippen LogP contribution in [-0.2, 0) is 0 Å².